The molecule has 0 aromatic rings. The third-order valence-electron chi connectivity index (χ3n) is 0.898. The Kier molecular flexibility index (Phi) is 10.8. The first-order valence-corrected chi connectivity index (χ1v) is 3.87. The van der Waals surface area contributed by atoms with Gasteiger partial charge in [-0.25, -0.2) is 14.4 Å². The molecule has 0 saturated heterocycles. The van der Waals surface area contributed by atoms with Crippen LogP contribution in [0.1, 0.15) is 0 Å². The zero-order chi connectivity index (χ0) is 13.0. The molecule has 6 heteroatoms. The Bertz CT molecular complexity index is 292. The Morgan fingerprint density at radius 2 is 1.50 bits per heavy atom. The molecule has 0 unspecified atom stereocenters. The fourth-order valence-corrected chi connectivity index (χ4v) is 0.299. The lowest BCUT2D eigenvalue weighted by atomic mass is 10.7. The average Bonchev–Trinajstić information content (AvgIpc) is 2.28. The summed E-state index contributed by atoms with van der Waals surface area (Å²) in [6.45, 7) is 9.30. The van der Waals surface area contributed by atoms with E-state index in [1.165, 1.54) is 7.11 Å². The molecular weight excluding hydrogens is 216 g/mol. The fourth-order valence-electron chi connectivity index (χ4n) is 0.299. The quantitative estimate of drug-likeness (QED) is 0.314. The summed E-state index contributed by atoms with van der Waals surface area (Å²) in [5.74, 6) is -1.25. The second-order valence-electron chi connectivity index (χ2n) is 1.89. The Morgan fingerprint density at radius 3 is 1.75 bits per heavy atom. The van der Waals surface area contributed by atoms with E-state index in [-0.39, 0.29) is 0 Å². The summed E-state index contributed by atoms with van der Waals surface area (Å²) >= 11 is 0. The number of carbonyl (C=O) groups excluding carboxylic acids is 3. The van der Waals surface area contributed by atoms with Crippen LogP contribution in [-0.2, 0) is 23.8 Å². The predicted octanol–water partition coefficient (Wildman–Crippen LogP) is 1.34. The Hall–Kier alpha value is -2.37. The molecule has 0 aromatic heterocycles. The highest BCUT2D eigenvalue weighted by Crippen LogP contribution is 1.86. The van der Waals surface area contributed by atoms with Crippen LogP contribution < -0.4 is 0 Å². The molecule has 0 amide bonds. The molecule has 0 rings (SSSR count). The van der Waals surface area contributed by atoms with Crippen LogP contribution in [0, 0.1) is 0 Å². The van der Waals surface area contributed by atoms with E-state index in [1.54, 1.807) is 0 Å². The highest BCUT2D eigenvalue weighted by atomic mass is 16.7. The topological polar surface area (TPSA) is 78.9 Å². The van der Waals surface area contributed by atoms with Gasteiger partial charge in [0.1, 0.15) is 0 Å². The molecule has 0 N–H and O–H groups in total. The van der Waals surface area contributed by atoms with Gasteiger partial charge in [-0.15, -0.1) is 0 Å². The molecule has 0 spiro atoms. The molecule has 0 aliphatic carbocycles. The van der Waals surface area contributed by atoms with Gasteiger partial charge in [-0.2, -0.15) is 0 Å². The van der Waals surface area contributed by atoms with Crippen LogP contribution in [0.2, 0.25) is 0 Å². The molecule has 0 aliphatic heterocycles. The number of methoxy groups -OCH3 is 1. The van der Waals surface area contributed by atoms with E-state index in [2.05, 4.69) is 33.9 Å². The Morgan fingerprint density at radius 1 is 1.00 bits per heavy atom. The normalized spacial score (nSPS) is 7.31. The lowest BCUT2D eigenvalue weighted by Gasteiger charge is -1.94. The molecule has 0 aliphatic rings. The van der Waals surface area contributed by atoms with Crippen molar-refractivity contribution in [2.24, 2.45) is 0 Å². The molecule has 6 nitrogen and oxygen atoms in total. The number of hydrogen-bond acceptors (Lipinski definition) is 6. The van der Waals surface area contributed by atoms with Gasteiger partial charge in [-0.3, -0.25) is 0 Å². The number of rotatable bonds is 3. The van der Waals surface area contributed by atoms with Crippen molar-refractivity contribution in [3.63, 3.8) is 0 Å². The van der Waals surface area contributed by atoms with Crippen LogP contribution in [0.15, 0.2) is 38.2 Å². The van der Waals surface area contributed by atoms with Gasteiger partial charge in [0.2, 0.25) is 0 Å². The number of hydrogen-bond donors (Lipinski definition) is 0. The van der Waals surface area contributed by atoms with Crippen LogP contribution in [0.3, 0.4) is 0 Å². The van der Waals surface area contributed by atoms with Crippen molar-refractivity contribution in [1.29, 1.82) is 0 Å². The van der Waals surface area contributed by atoms with Crippen LogP contribution in [-0.4, -0.2) is 25.2 Å². The third-order valence-corrected chi connectivity index (χ3v) is 0.898. The van der Waals surface area contributed by atoms with Crippen LogP contribution in [0.25, 0.3) is 0 Å². The fraction of sp³-hybridized carbons (Fsp3) is 0.100. The summed E-state index contributed by atoms with van der Waals surface area (Å²) in [6.07, 6.45) is 1.71. The van der Waals surface area contributed by atoms with Crippen molar-refractivity contribution in [2.45, 2.75) is 0 Å². The summed E-state index contributed by atoms with van der Waals surface area (Å²) in [4.78, 5) is 30.3. The van der Waals surface area contributed by atoms with Gasteiger partial charge in [0.25, 0.3) is 0 Å². The lowest BCUT2D eigenvalue weighted by molar-refractivity contribution is -0.135. The van der Waals surface area contributed by atoms with Gasteiger partial charge >= 0.3 is 18.1 Å². The van der Waals surface area contributed by atoms with Crippen molar-refractivity contribution in [3.05, 3.63) is 38.2 Å². The maximum atomic E-state index is 10.2. The maximum Gasteiger partial charge on any atom is 0.521 e. The van der Waals surface area contributed by atoms with Crippen molar-refractivity contribution in [2.75, 3.05) is 7.11 Å². The van der Waals surface area contributed by atoms with E-state index in [0.717, 1.165) is 18.4 Å². The van der Waals surface area contributed by atoms with Gasteiger partial charge in [0.05, 0.1) is 13.4 Å². The molecule has 16 heavy (non-hydrogen) atoms. The first-order chi connectivity index (χ1) is 7.51. The SMILES string of the molecule is C=CC(=O)OC.C=COC(=O)OC(=O)C=C. The largest absolute Gasteiger partial charge is 0.521 e. The molecule has 0 aromatic carbocycles. The summed E-state index contributed by atoms with van der Waals surface area (Å²) in [7, 11) is 1.31. The van der Waals surface area contributed by atoms with E-state index in [4.69, 9.17) is 0 Å². The standard InChI is InChI=1S/C6H6O4.C4H6O2/c1-3-5(7)10-6(8)9-4-2;1-3-4(5)6-2/h3-4H,1-2H2;3H,1H2,2H3. The number of ether oxygens (including phenoxy) is 3. The molecular formula is C10H12O6. The van der Waals surface area contributed by atoms with Crippen molar-refractivity contribution >= 4 is 18.1 Å². The first kappa shape index (κ1) is 16.1. The first-order valence-electron chi connectivity index (χ1n) is 3.87. The van der Waals surface area contributed by atoms with E-state index in [1.807, 2.05) is 0 Å². The van der Waals surface area contributed by atoms with Crippen LogP contribution in [0.5, 0.6) is 0 Å². The summed E-state index contributed by atoms with van der Waals surface area (Å²) < 4.78 is 12.1. The molecule has 0 fully saturated rings. The molecule has 0 atom stereocenters. The van der Waals surface area contributed by atoms with E-state index < -0.39 is 18.1 Å². The molecule has 0 heterocycles. The van der Waals surface area contributed by atoms with Crippen molar-refractivity contribution in [1.82, 2.24) is 0 Å². The predicted molar refractivity (Wildman–Crippen MR) is 55.2 cm³/mol. The van der Waals surface area contributed by atoms with Crippen LogP contribution in [0.4, 0.5) is 4.79 Å². The van der Waals surface area contributed by atoms with Crippen LogP contribution >= 0.6 is 0 Å². The van der Waals surface area contributed by atoms with E-state index >= 15 is 0 Å². The van der Waals surface area contributed by atoms with Crippen molar-refractivity contribution in [3.8, 4) is 0 Å². The van der Waals surface area contributed by atoms with E-state index in [0.29, 0.717) is 0 Å². The minimum Gasteiger partial charge on any atom is -0.466 e. The van der Waals surface area contributed by atoms with Gasteiger partial charge < -0.3 is 14.2 Å². The summed E-state index contributed by atoms with van der Waals surface area (Å²) in [5.41, 5.74) is 0. The minimum absolute atomic E-state index is 0.394. The van der Waals surface area contributed by atoms with Gasteiger partial charge in [-0.1, -0.05) is 19.7 Å². The molecule has 0 bridgehead atoms. The summed E-state index contributed by atoms with van der Waals surface area (Å²) in [6, 6.07) is 0. The monoisotopic (exact) mass is 228 g/mol. The zero-order valence-corrected chi connectivity index (χ0v) is 8.80. The smallest absolute Gasteiger partial charge is 0.466 e. The second-order valence-corrected chi connectivity index (χ2v) is 1.89. The Balaban J connectivity index is 0. The number of esters is 2. The highest BCUT2D eigenvalue weighted by Gasteiger charge is 2.05. The molecule has 88 valence electrons. The summed E-state index contributed by atoms with van der Waals surface area (Å²) in [5, 5.41) is 0. The number of carbonyl (C=O) groups is 3. The maximum absolute atomic E-state index is 10.2. The van der Waals surface area contributed by atoms with Gasteiger partial charge in [0, 0.05) is 12.2 Å². The van der Waals surface area contributed by atoms with Gasteiger partial charge in [0.15, 0.2) is 0 Å². The zero-order valence-electron chi connectivity index (χ0n) is 8.80. The van der Waals surface area contributed by atoms with Crippen molar-refractivity contribution < 1.29 is 28.6 Å². The van der Waals surface area contributed by atoms with E-state index in [9.17, 15) is 14.4 Å². The Labute approximate surface area is 92.8 Å². The van der Waals surface area contributed by atoms with Gasteiger partial charge in [-0.05, 0) is 0 Å². The third kappa shape index (κ3) is 11.6. The average molecular weight is 228 g/mol. The highest BCUT2D eigenvalue weighted by molar-refractivity contribution is 5.89. The second kappa shape index (κ2) is 10.7. The lowest BCUT2D eigenvalue weighted by Crippen LogP contribution is -2.08. The molecule has 0 radical (unpaired) electrons. The molecule has 0 saturated carbocycles. The minimum atomic E-state index is -1.11.